The molecule has 1 aromatic heterocycles. The maximum absolute atomic E-state index is 13.2. The average molecular weight is 451 g/mol. The molecule has 0 unspecified atom stereocenters. The van der Waals surface area contributed by atoms with Crippen molar-refractivity contribution in [3.05, 3.63) is 58.2 Å². The van der Waals surface area contributed by atoms with Crippen LogP contribution in [-0.2, 0) is 4.79 Å². The molecule has 0 atom stereocenters. The van der Waals surface area contributed by atoms with Gasteiger partial charge in [0.2, 0.25) is 4.80 Å². The van der Waals surface area contributed by atoms with Crippen LogP contribution >= 0.6 is 11.3 Å². The number of para-hydroxylation sites is 1. The fourth-order valence-corrected chi connectivity index (χ4v) is 4.63. The van der Waals surface area contributed by atoms with E-state index in [-0.39, 0.29) is 11.9 Å². The van der Waals surface area contributed by atoms with Crippen molar-refractivity contribution in [2.24, 2.45) is 10.1 Å². The number of benzene rings is 2. The molecule has 0 fully saturated rings. The minimum Gasteiger partial charge on any atom is -0.497 e. The van der Waals surface area contributed by atoms with E-state index < -0.39 is 0 Å². The van der Waals surface area contributed by atoms with Crippen molar-refractivity contribution in [1.82, 2.24) is 4.68 Å². The summed E-state index contributed by atoms with van der Waals surface area (Å²) in [5.41, 5.74) is 3.73. The lowest BCUT2D eigenvalue weighted by Gasteiger charge is -2.13. The summed E-state index contributed by atoms with van der Waals surface area (Å²) >= 11 is 1.48. The maximum Gasteiger partial charge on any atom is 0.279 e. The molecule has 1 aliphatic heterocycles. The molecule has 0 saturated heterocycles. The third-order valence-electron chi connectivity index (χ3n) is 5.15. The van der Waals surface area contributed by atoms with Gasteiger partial charge in [0.15, 0.2) is 5.71 Å². The number of likely N-dealkylation sites (N-methyl/N-ethyl adjacent to an activating group) is 1. The normalized spacial score (nSPS) is 15.1. The summed E-state index contributed by atoms with van der Waals surface area (Å²) < 4.78 is 12.7. The Hall–Kier alpha value is -3.39. The van der Waals surface area contributed by atoms with E-state index in [1.165, 1.54) is 11.3 Å². The van der Waals surface area contributed by atoms with Gasteiger partial charge in [-0.1, -0.05) is 18.2 Å². The molecule has 0 bridgehead atoms. The Balaban J connectivity index is 1.96. The van der Waals surface area contributed by atoms with Crippen molar-refractivity contribution in [3.8, 4) is 22.8 Å². The molecule has 0 radical (unpaired) electrons. The molecule has 166 valence electrons. The van der Waals surface area contributed by atoms with Gasteiger partial charge in [0.25, 0.3) is 5.91 Å². The summed E-state index contributed by atoms with van der Waals surface area (Å²) in [7, 11) is 3.24. The van der Waals surface area contributed by atoms with E-state index in [1.807, 2.05) is 68.6 Å². The number of carbonyl (C=O) groups excluding carboxylic acids is 1. The van der Waals surface area contributed by atoms with E-state index in [4.69, 9.17) is 19.6 Å². The Bertz CT molecular complexity index is 1260. The van der Waals surface area contributed by atoms with E-state index in [0.29, 0.717) is 28.6 Å². The summed E-state index contributed by atoms with van der Waals surface area (Å²) in [5, 5.41) is 6.84. The molecule has 0 N–H and O–H groups in total. The number of hydrogen-bond acceptors (Lipinski definition) is 6. The number of methoxy groups -OCH3 is 2. The fraction of sp³-hybridized carbons (Fsp3) is 0.292. The maximum atomic E-state index is 13.2. The summed E-state index contributed by atoms with van der Waals surface area (Å²) in [6, 6.07) is 13.4. The van der Waals surface area contributed by atoms with Crippen LogP contribution in [0.3, 0.4) is 0 Å². The molecule has 1 amide bonds. The van der Waals surface area contributed by atoms with E-state index in [1.54, 1.807) is 23.8 Å². The summed E-state index contributed by atoms with van der Waals surface area (Å²) in [6.07, 6.45) is 0. The Kier molecular flexibility index (Phi) is 6.14. The lowest BCUT2D eigenvalue weighted by molar-refractivity contribution is -0.112. The Morgan fingerprint density at radius 2 is 1.84 bits per heavy atom. The van der Waals surface area contributed by atoms with Gasteiger partial charge in [0.05, 0.1) is 25.6 Å². The molecule has 8 heteroatoms. The van der Waals surface area contributed by atoms with Crippen LogP contribution in [0.4, 0.5) is 5.69 Å². The first-order chi connectivity index (χ1) is 15.5. The highest BCUT2D eigenvalue weighted by Gasteiger charge is 2.33. The second-order valence-corrected chi connectivity index (χ2v) is 8.36. The smallest absolute Gasteiger partial charge is 0.279 e. The molecule has 7 nitrogen and oxygen atoms in total. The van der Waals surface area contributed by atoms with Crippen LogP contribution in [0, 0.1) is 0 Å². The summed E-state index contributed by atoms with van der Waals surface area (Å²) in [4.78, 5) is 20.4. The number of carbonyl (C=O) groups is 1. The van der Waals surface area contributed by atoms with Gasteiger partial charge in [-0.05, 0) is 39.0 Å². The van der Waals surface area contributed by atoms with Crippen LogP contribution in [0.5, 0.6) is 11.5 Å². The van der Waals surface area contributed by atoms with Crippen molar-refractivity contribution in [2.45, 2.75) is 26.8 Å². The van der Waals surface area contributed by atoms with Crippen molar-refractivity contribution in [3.63, 3.8) is 0 Å². The molecule has 0 saturated carbocycles. The number of anilines is 1. The number of aromatic nitrogens is 1. The summed E-state index contributed by atoms with van der Waals surface area (Å²) in [6.45, 7) is 6.56. The van der Waals surface area contributed by atoms with Crippen molar-refractivity contribution >= 4 is 28.6 Å². The molecule has 1 aliphatic rings. The van der Waals surface area contributed by atoms with Crippen molar-refractivity contribution in [1.29, 1.82) is 0 Å². The van der Waals surface area contributed by atoms with Gasteiger partial charge in [-0.3, -0.25) is 9.79 Å². The molecular formula is C24H26N4O3S. The van der Waals surface area contributed by atoms with Crippen LogP contribution in [-0.4, -0.2) is 43.1 Å². The molecule has 0 aliphatic carbocycles. The van der Waals surface area contributed by atoms with E-state index in [2.05, 4.69) is 0 Å². The zero-order valence-corrected chi connectivity index (χ0v) is 19.6. The monoisotopic (exact) mass is 450 g/mol. The lowest BCUT2D eigenvalue weighted by Crippen LogP contribution is -2.30. The van der Waals surface area contributed by atoms with Gasteiger partial charge in [-0.15, -0.1) is 11.3 Å². The van der Waals surface area contributed by atoms with Crippen molar-refractivity contribution in [2.75, 3.05) is 25.7 Å². The first kappa shape index (κ1) is 21.8. The predicted octanol–water partition coefficient (Wildman–Crippen LogP) is 4.16. The fourth-order valence-electron chi connectivity index (χ4n) is 3.67. The first-order valence-electron chi connectivity index (χ1n) is 10.5. The lowest BCUT2D eigenvalue weighted by atomic mass is 10.1. The van der Waals surface area contributed by atoms with Crippen molar-refractivity contribution < 1.29 is 14.3 Å². The third-order valence-corrected chi connectivity index (χ3v) is 5.98. The zero-order valence-electron chi connectivity index (χ0n) is 18.8. The number of amides is 1. The van der Waals surface area contributed by atoms with E-state index in [9.17, 15) is 4.79 Å². The first-order valence-corrected chi connectivity index (χ1v) is 11.3. The van der Waals surface area contributed by atoms with Gasteiger partial charge in [-0.25, -0.2) is 4.68 Å². The van der Waals surface area contributed by atoms with Gasteiger partial charge in [0, 0.05) is 35.2 Å². The van der Waals surface area contributed by atoms with Gasteiger partial charge in [0.1, 0.15) is 11.5 Å². The summed E-state index contributed by atoms with van der Waals surface area (Å²) in [5.74, 6) is 1.24. The minimum atomic E-state index is -0.115. The number of nitrogens with zero attached hydrogens (tertiary/aromatic N) is 4. The predicted molar refractivity (Wildman–Crippen MR) is 128 cm³/mol. The molecular weight excluding hydrogens is 424 g/mol. The second-order valence-electron chi connectivity index (χ2n) is 7.52. The number of rotatable bonds is 6. The molecule has 4 rings (SSSR count). The number of ether oxygens (including phenoxy) is 2. The van der Waals surface area contributed by atoms with Crippen LogP contribution in [0.1, 0.15) is 26.3 Å². The Morgan fingerprint density at radius 3 is 2.53 bits per heavy atom. The topological polar surface area (TPSA) is 68.4 Å². The number of hydrogen-bond donors (Lipinski definition) is 0. The van der Waals surface area contributed by atoms with Gasteiger partial charge < -0.3 is 14.4 Å². The SMILES string of the molecule is CCN1C(=O)C(=Nn2c(-c3ccc(OC)cc3OC)csc2=NC(C)C)c2ccccc21. The van der Waals surface area contributed by atoms with Crippen LogP contribution in [0.15, 0.2) is 57.9 Å². The molecule has 0 spiro atoms. The second kappa shape index (κ2) is 9.00. The minimum absolute atomic E-state index is 0.0735. The molecule has 2 heterocycles. The Labute approximate surface area is 191 Å². The van der Waals surface area contributed by atoms with Crippen LogP contribution in [0.25, 0.3) is 11.3 Å². The zero-order chi connectivity index (χ0) is 22.8. The largest absolute Gasteiger partial charge is 0.497 e. The van der Waals surface area contributed by atoms with Gasteiger partial charge in [-0.2, -0.15) is 5.10 Å². The number of fused-ring (bicyclic) bond motifs is 1. The third kappa shape index (κ3) is 3.82. The van der Waals surface area contributed by atoms with E-state index in [0.717, 1.165) is 22.5 Å². The quantitative estimate of drug-likeness (QED) is 0.566. The van der Waals surface area contributed by atoms with E-state index >= 15 is 0 Å². The highest BCUT2D eigenvalue weighted by molar-refractivity contribution is 7.07. The van der Waals surface area contributed by atoms with Gasteiger partial charge >= 0.3 is 0 Å². The van der Waals surface area contributed by atoms with Crippen LogP contribution in [0.2, 0.25) is 0 Å². The average Bonchev–Trinajstić information content (AvgIpc) is 3.31. The Morgan fingerprint density at radius 1 is 1.06 bits per heavy atom. The van der Waals surface area contributed by atoms with Crippen LogP contribution < -0.4 is 19.2 Å². The molecule has 32 heavy (non-hydrogen) atoms. The molecule has 2 aromatic carbocycles. The standard InChI is InChI=1S/C24H26N4O3S/c1-6-27-19-10-8-7-9-18(19)22(23(27)29)26-28-20(14-32-24(28)25-15(2)3)17-12-11-16(30-4)13-21(17)31-5/h7-15H,6H2,1-5H3. The highest BCUT2D eigenvalue weighted by atomic mass is 32.1. The number of thiazole rings is 1. The molecule has 3 aromatic rings. The highest BCUT2D eigenvalue weighted by Crippen LogP contribution is 2.34.